The highest BCUT2D eigenvalue weighted by Crippen LogP contribution is 2.24. The van der Waals surface area contributed by atoms with Gasteiger partial charge in [-0.15, -0.1) is 5.10 Å². The maximum absolute atomic E-state index is 10.8. The molecule has 2 rings (SSSR count). The Morgan fingerprint density at radius 3 is 2.86 bits per heavy atom. The number of rotatable bonds is 4. The van der Waals surface area contributed by atoms with Gasteiger partial charge in [0.25, 0.3) is 5.69 Å². The van der Waals surface area contributed by atoms with Crippen molar-refractivity contribution in [3.8, 4) is 0 Å². The van der Waals surface area contributed by atoms with E-state index in [2.05, 4.69) is 15.2 Å². The van der Waals surface area contributed by atoms with Gasteiger partial charge >= 0.3 is 0 Å². The van der Waals surface area contributed by atoms with Crippen LogP contribution in [0, 0.1) is 10.1 Å². The van der Waals surface area contributed by atoms with Crippen LogP contribution in [0.3, 0.4) is 0 Å². The highest BCUT2D eigenvalue weighted by atomic mass is 35.5. The summed E-state index contributed by atoms with van der Waals surface area (Å²) >= 11 is 5.71. The fourth-order valence-electron chi connectivity index (χ4n) is 1.47. The van der Waals surface area contributed by atoms with E-state index in [1.165, 1.54) is 18.3 Å². The SMILES string of the molecule is N/C(=N\N=C\c1ccc(Cl)c([N+](=O)[O-])c1)c1ccccn1. The molecule has 21 heavy (non-hydrogen) atoms. The maximum atomic E-state index is 10.8. The lowest BCUT2D eigenvalue weighted by atomic mass is 10.2. The minimum absolute atomic E-state index is 0.0636. The Morgan fingerprint density at radius 1 is 1.38 bits per heavy atom. The molecule has 0 aliphatic rings. The minimum Gasteiger partial charge on any atom is -0.380 e. The number of nitro benzene ring substituents is 1. The molecule has 0 unspecified atom stereocenters. The van der Waals surface area contributed by atoms with Crippen LogP contribution in [-0.2, 0) is 0 Å². The largest absolute Gasteiger partial charge is 0.380 e. The third-order valence-electron chi connectivity index (χ3n) is 2.47. The Labute approximate surface area is 124 Å². The summed E-state index contributed by atoms with van der Waals surface area (Å²) in [5, 5.41) is 18.4. The number of pyridine rings is 1. The summed E-state index contributed by atoms with van der Waals surface area (Å²) in [6.45, 7) is 0. The summed E-state index contributed by atoms with van der Waals surface area (Å²) in [4.78, 5) is 14.2. The van der Waals surface area contributed by atoms with Crippen molar-refractivity contribution in [1.29, 1.82) is 0 Å². The third kappa shape index (κ3) is 3.83. The van der Waals surface area contributed by atoms with Crippen molar-refractivity contribution in [3.05, 3.63) is 69.0 Å². The predicted octanol–water partition coefficient (Wildman–Crippen LogP) is 2.38. The molecule has 0 fully saturated rings. The third-order valence-corrected chi connectivity index (χ3v) is 2.79. The molecule has 0 bridgehead atoms. The van der Waals surface area contributed by atoms with Gasteiger partial charge in [-0.2, -0.15) is 5.10 Å². The first kappa shape index (κ1) is 14.6. The average molecular weight is 304 g/mol. The maximum Gasteiger partial charge on any atom is 0.288 e. The average Bonchev–Trinajstić information content (AvgIpc) is 2.49. The lowest BCUT2D eigenvalue weighted by Crippen LogP contribution is -2.14. The summed E-state index contributed by atoms with van der Waals surface area (Å²) in [6.07, 6.45) is 2.93. The summed E-state index contributed by atoms with van der Waals surface area (Å²) in [7, 11) is 0. The monoisotopic (exact) mass is 303 g/mol. The first-order valence-corrected chi connectivity index (χ1v) is 6.17. The number of nitro groups is 1. The lowest BCUT2D eigenvalue weighted by molar-refractivity contribution is -0.384. The van der Waals surface area contributed by atoms with Crippen LogP contribution in [0.5, 0.6) is 0 Å². The molecule has 106 valence electrons. The number of halogens is 1. The second kappa shape index (κ2) is 6.58. The minimum atomic E-state index is -0.564. The van der Waals surface area contributed by atoms with Crippen LogP contribution >= 0.6 is 11.6 Å². The number of benzene rings is 1. The van der Waals surface area contributed by atoms with Crippen molar-refractivity contribution in [2.45, 2.75) is 0 Å². The first-order valence-electron chi connectivity index (χ1n) is 5.80. The molecule has 1 aromatic heterocycles. The number of hydrogen-bond acceptors (Lipinski definition) is 5. The summed E-state index contributed by atoms with van der Waals surface area (Å²) in [5.74, 6) is 0.148. The molecule has 0 saturated heterocycles. The Morgan fingerprint density at radius 2 is 2.19 bits per heavy atom. The van der Waals surface area contributed by atoms with Gasteiger partial charge in [0.05, 0.1) is 11.1 Å². The number of hydrogen-bond donors (Lipinski definition) is 1. The van der Waals surface area contributed by atoms with Gasteiger partial charge in [0, 0.05) is 17.8 Å². The molecule has 0 aliphatic carbocycles. The predicted molar refractivity (Wildman–Crippen MR) is 80.7 cm³/mol. The fourth-order valence-corrected chi connectivity index (χ4v) is 1.66. The molecule has 7 nitrogen and oxygen atoms in total. The molecule has 2 aromatic rings. The Kier molecular flexibility index (Phi) is 4.57. The van der Waals surface area contributed by atoms with Gasteiger partial charge in [-0.3, -0.25) is 15.1 Å². The van der Waals surface area contributed by atoms with Crippen LogP contribution in [-0.4, -0.2) is 22.0 Å². The zero-order chi connectivity index (χ0) is 15.2. The topological polar surface area (TPSA) is 107 Å². The van der Waals surface area contributed by atoms with Gasteiger partial charge in [0.2, 0.25) is 0 Å². The van der Waals surface area contributed by atoms with Crippen LogP contribution in [0.1, 0.15) is 11.3 Å². The Balaban J connectivity index is 2.18. The molecule has 0 amide bonds. The van der Waals surface area contributed by atoms with Crippen LogP contribution in [0.2, 0.25) is 5.02 Å². The standard InChI is InChI=1S/C13H10ClN5O2/c14-10-5-4-9(7-12(10)19(20)21)8-17-18-13(15)11-3-1-2-6-16-11/h1-8H,(H2,15,18)/b17-8+. The molecule has 0 spiro atoms. The molecule has 1 heterocycles. The van der Waals surface area contributed by atoms with E-state index in [0.717, 1.165) is 0 Å². The number of aromatic nitrogens is 1. The highest BCUT2D eigenvalue weighted by Gasteiger charge is 2.11. The lowest BCUT2D eigenvalue weighted by Gasteiger charge is -1.97. The zero-order valence-corrected chi connectivity index (χ0v) is 11.4. The molecule has 0 saturated carbocycles. The Hall–Kier alpha value is -2.80. The van der Waals surface area contributed by atoms with E-state index >= 15 is 0 Å². The van der Waals surface area contributed by atoms with Gasteiger partial charge in [0.1, 0.15) is 10.7 Å². The zero-order valence-electron chi connectivity index (χ0n) is 10.7. The molecule has 0 radical (unpaired) electrons. The molecule has 1 aromatic carbocycles. The smallest absolute Gasteiger partial charge is 0.288 e. The highest BCUT2D eigenvalue weighted by molar-refractivity contribution is 6.32. The molecular formula is C13H10ClN5O2. The van der Waals surface area contributed by atoms with E-state index in [-0.39, 0.29) is 16.5 Å². The number of nitrogens with two attached hydrogens (primary N) is 1. The Bertz CT molecular complexity index is 716. The summed E-state index contributed by atoms with van der Waals surface area (Å²) < 4.78 is 0. The van der Waals surface area contributed by atoms with Crippen LogP contribution < -0.4 is 5.73 Å². The second-order valence-electron chi connectivity index (χ2n) is 3.91. The molecule has 8 heteroatoms. The van der Waals surface area contributed by atoms with E-state index in [0.29, 0.717) is 11.3 Å². The number of nitrogens with zero attached hydrogens (tertiary/aromatic N) is 4. The molecular weight excluding hydrogens is 294 g/mol. The van der Waals surface area contributed by atoms with E-state index in [4.69, 9.17) is 17.3 Å². The summed E-state index contributed by atoms with van der Waals surface area (Å²) in [5.41, 5.74) is 6.50. The van der Waals surface area contributed by atoms with Crippen LogP contribution in [0.4, 0.5) is 5.69 Å². The van der Waals surface area contributed by atoms with Crippen molar-refractivity contribution < 1.29 is 4.92 Å². The van der Waals surface area contributed by atoms with E-state index in [1.54, 1.807) is 30.5 Å². The van der Waals surface area contributed by atoms with Crippen molar-refractivity contribution >= 4 is 29.3 Å². The van der Waals surface area contributed by atoms with E-state index in [9.17, 15) is 10.1 Å². The molecule has 0 aliphatic heterocycles. The van der Waals surface area contributed by atoms with Crippen LogP contribution in [0.25, 0.3) is 0 Å². The van der Waals surface area contributed by atoms with Crippen LogP contribution in [0.15, 0.2) is 52.8 Å². The van der Waals surface area contributed by atoms with E-state index < -0.39 is 4.92 Å². The summed E-state index contributed by atoms with van der Waals surface area (Å²) in [6, 6.07) is 9.54. The van der Waals surface area contributed by atoms with Crippen molar-refractivity contribution in [2.24, 2.45) is 15.9 Å². The quantitative estimate of drug-likeness (QED) is 0.405. The fraction of sp³-hybridized carbons (Fsp3) is 0. The normalized spacial score (nSPS) is 11.8. The van der Waals surface area contributed by atoms with Crippen molar-refractivity contribution in [3.63, 3.8) is 0 Å². The van der Waals surface area contributed by atoms with Gasteiger partial charge in [-0.05, 0) is 18.2 Å². The van der Waals surface area contributed by atoms with Gasteiger partial charge in [-0.25, -0.2) is 0 Å². The van der Waals surface area contributed by atoms with Gasteiger partial charge in [0.15, 0.2) is 5.84 Å². The first-order chi connectivity index (χ1) is 10.1. The van der Waals surface area contributed by atoms with Crippen molar-refractivity contribution in [2.75, 3.05) is 0 Å². The van der Waals surface area contributed by atoms with Gasteiger partial charge in [-0.1, -0.05) is 23.7 Å². The van der Waals surface area contributed by atoms with Gasteiger partial charge < -0.3 is 5.73 Å². The van der Waals surface area contributed by atoms with E-state index in [1.807, 2.05) is 0 Å². The second-order valence-corrected chi connectivity index (χ2v) is 4.32. The van der Waals surface area contributed by atoms with Crippen molar-refractivity contribution in [1.82, 2.24) is 4.98 Å². The molecule has 0 atom stereocenters. The molecule has 2 N–H and O–H groups in total. The number of amidine groups is 1.